The van der Waals surface area contributed by atoms with Crippen LogP contribution < -0.4 is 0 Å². The summed E-state index contributed by atoms with van der Waals surface area (Å²) < 4.78 is 5.99. The Bertz CT molecular complexity index is 782. The van der Waals surface area contributed by atoms with Gasteiger partial charge in [0.25, 0.3) is 0 Å². The number of aliphatic hydroxyl groups excluding tert-OH is 1. The molecule has 3 heterocycles. The molecule has 1 N–H and O–H groups in total. The van der Waals surface area contributed by atoms with Crippen LogP contribution in [0.25, 0.3) is 0 Å². The van der Waals surface area contributed by atoms with Crippen LogP contribution >= 0.6 is 0 Å². The van der Waals surface area contributed by atoms with Crippen LogP contribution in [0.4, 0.5) is 0 Å². The molecule has 8 atom stereocenters. The smallest absolute Gasteiger partial charge is 0.311 e. The Morgan fingerprint density at radius 2 is 1.69 bits per heavy atom. The number of carbonyl (C=O) groups is 2. The minimum atomic E-state index is -0.560. The Morgan fingerprint density at radius 3 is 2.45 bits per heavy atom. The van der Waals surface area contributed by atoms with Gasteiger partial charge in [0.15, 0.2) is 0 Å². The summed E-state index contributed by atoms with van der Waals surface area (Å²) in [6.45, 7) is 8.47. The molecule has 0 radical (unpaired) electrons. The van der Waals surface area contributed by atoms with Crippen molar-refractivity contribution < 1.29 is 19.4 Å². The molecule has 0 amide bonds. The van der Waals surface area contributed by atoms with Gasteiger partial charge in [-0.3, -0.25) is 9.59 Å². The lowest BCUT2D eigenvalue weighted by atomic mass is 9.47. The topological polar surface area (TPSA) is 63.6 Å². The quantitative estimate of drug-likeness (QED) is 0.482. The summed E-state index contributed by atoms with van der Waals surface area (Å²) in [6.07, 6.45) is 8.48. The van der Waals surface area contributed by atoms with Crippen LogP contribution in [0.2, 0.25) is 0 Å². The lowest BCUT2D eigenvalue weighted by Gasteiger charge is -2.58. The van der Waals surface area contributed by atoms with E-state index in [4.69, 9.17) is 4.74 Å². The van der Waals surface area contributed by atoms with Crippen molar-refractivity contribution in [2.24, 2.45) is 39.9 Å². The second-order valence-electron chi connectivity index (χ2n) is 11.8. The van der Waals surface area contributed by atoms with E-state index in [1.807, 2.05) is 13.8 Å². The van der Waals surface area contributed by atoms with Gasteiger partial charge in [-0.15, -0.1) is 0 Å². The highest BCUT2D eigenvalue weighted by atomic mass is 16.5. The first kappa shape index (κ1) is 19.8. The third kappa shape index (κ3) is 2.66. The molecule has 4 heteroatoms. The Morgan fingerprint density at radius 1 is 0.966 bits per heavy atom. The second-order valence-corrected chi connectivity index (χ2v) is 11.8. The summed E-state index contributed by atoms with van der Waals surface area (Å²) in [5, 5.41) is 11.2. The van der Waals surface area contributed by atoms with E-state index in [0.29, 0.717) is 18.1 Å². The zero-order valence-corrected chi connectivity index (χ0v) is 18.4. The molecule has 29 heavy (non-hydrogen) atoms. The van der Waals surface area contributed by atoms with Crippen molar-refractivity contribution >= 4 is 11.8 Å². The number of Topliss-reactive ketones (excluding diaryl/α,β-unsaturated/α-hetero) is 1. The standard InChI is InChI=1S/C25H36O4/c1-23(2)8-5-14-11-18-20-17(7-10-25(18,4)21(14)27)24(3)9-6-16(29-22(23)28)12-15(24)13-19(20)26/h13-14,16-20,26H,5-12H2,1-4H3/t14-,16-,17-,18?,19+,20?,24-,25-/m0/s1. The van der Waals surface area contributed by atoms with Crippen molar-refractivity contribution in [3.63, 3.8) is 0 Å². The Hall–Kier alpha value is -1.16. The van der Waals surface area contributed by atoms with Crippen molar-refractivity contribution in [3.05, 3.63) is 11.6 Å². The summed E-state index contributed by atoms with van der Waals surface area (Å²) >= 11 is 0. The van der Waals surface area contributed by atoms with Crippen molar-refractivity contribution in [3.8, 4) is 0 Å². The van der Waals surface area contributed by atoms with Crippen molar-refractivity contribution in [2.45, 2.75) is 91.3 Å². The number of hydrogen-bond acceptors (Lipinski definition) is 4. The minimum Gasteiger partial charge on any atom is -0.462 e. The fourth-order valence-corrected chi connectivity index (χ4v) is 7.86. The van der Waals surface area contributed by atoms with Gasteiger partial charge in [-0.05, 0) is 82.0 Å². The van der Waals surface area contributed by atoms with Crippen LogP contribution in [-0.2, 0) is 14.3 Å². The highest BCUT2D eigenvalue weighted by Gasteiger charge is 2.63. The first-order valence-corrected chi connectivity index (χ1v) is 11.7. The summed E-state index contributed by atoms with van der Waals surface area (Å²) in [6, 6.07) is 0. The lowest BCUT2D eigenvalue weighted by Crippen LogP contribution is -2.54. The molecule has 5 fully saturated rings. The van der Waals surface area contributed by atoms with Gasteiger partial charge in [-0.1, -0.05) is 25.5 Å². The highest BCUT2D eigenvalue weighted by molar-refractivity contribution is 5.89. The van der Waals surface area contributed by atoms with E-state index in [1.54, 1.807) is 0 Å². The van der Waals surface area contributed by atoms with Gasteiger partial charge in [-0.2, -0.15) is 0 Å². The first-order chi connectivity index (χ1) is 13.6. The van der Waals surface area contributed by atoms with Gasteiger partial charge in [0, 0.05) is 17.8 Å². The van der Waals surface area contributed by atoms with Crippen LogP contribution in [-0.4, -0.2) is 29.1 Å². The van der Waals surface area contributed by atoms with E-state index in [0.717, 1.165) is 44.9 Å². The SMILES string of the molecule is CC1(C)CC[C@H]2CC3C4[C@H](O)C=C5C[C@H](CC[C@]5(C)[C@H]4CC[C@]3(C)C2=O)OC1=O. The number of rotatable bonds is 0. The first-order valence-electron chi connectivity index (χ1n) is 11.7. The number of hydrogen-bond donors (Lipinski definition) is 1. The largest absolute Gasteiger partial charge is 0.462 e. The molecular weight excluding hydrogens is 364 g/mol. The van der Waals surface area contributed by atoms with E-state index in [9.17, 15) is 14.7 Å². The molecule has 2 saturated heterocycles. The van der Waals surface area contributed by atoms with E-state index in [1.165, 1.54) is 5.57 Å². The molecule has 0 aromatic carbocycles. The lowest BCUT2D eigenvalue weighted by molar-refractivity contribution is -0.163. The molecule has 4 nitrogen and oxygen atoms in total. The van der Waals surface area contributed by atoms with Crippen molar-refractivity contribution in [2.75, 3.05) is 0 Å². The zero-order valence-electron chi connectivity index (χ0n) is 18.4. The van der Waals surface area contributed by atoms with Crippen LogP contribution in [0.15, 0.2) is 11.6 Å². The summed E-state index contributed by atoms with van der Waals surface area (Å²) in [5.74, 6) is 1.15. The molecule has 160 valence electrons. The summed E-state index contributed by atoms with van der Waals surface area (Å²) in [7, 11) is 0. The second kappa shape index (κ2) is 6.18. The maximum absolute atomic E-state index is 13.5. The number of ketones is 1. The number of carbonyl (C=O) groups excluding carboxylic acids is 2. The predicted octanol–water partition coefficient (Wildman–Crippen LogP) is 4.45. The van der Waals surface area contributed by atoms with Gasteiger partial charge in [-0.25, -0.2) is 0 Å². The normalized spacial score (nSPS) is 51.0. The molecular formula is C25H36O4. The molecule has 0 aromatic rings. The van der Waals surface area contributed by atoms with E-state index < -0.39 is 11.5 Å². The zero-order chi connectivity index (χ0) is 20.8. The average molecular weight is 401 g/mol. The number of ether oxygens (including phenoxy) is 1. The monoisotopic (exact) mass is 400 g/mol. The Balaban J connectivity index is 1.61. The van der Waals surface area contributed by atoms with Crippen LogP contribution in [0.5, 0.6) is 0 Å². The maximum Gasteiger partial charge on any atom is 0.311 e. The minimum absolute atomic E-state index is 0.0151. The van der Waals surface area contributed by atoms with Gasteiger partial charge < -0.3 is 9.84 Å². The van der Waals surface area contributed by atoms with Gasteiger partial charge in [0.1, 0.15) is 11.9 Å². The van der Waals surface area contributed by atoms with E-state index >= 15 is 0 Å². The fraction of sp³-hybridized carbons (Fsp3) is 0.840. The van der Waals surface area contributed by atoms with E-state index in [2.05, 4.69) is 19.9 Å². The maximum atomic E-state index is 13.5. The van der Waals surface area contributed by atoms with Crippen molar-refractivity contribution in [1.82, 2.24) is 0 Å². The third-order valence-corrected chi connectivity index (χ3v) is 9.89. The molecule has 7 aliphatic rings. The summed E-state index contributed by atoms with van der Waals surface area (Å²) in [4.78, 5) is 26.5. The predicted molar refractivity (Wildman–Crippen MR) is 110 cm³/mol. The molecule has 3 saturated carbocycles. The van der Waals surface area contributed by atoms with E-state index in [-0.39, 0.29) is 40.7 Å². The number of aliphatic hydroxyl groups is 1. The fourth-order valence-electron chi connectivity index (χ4n) is 7.86. The van der Waals surface area contributed by atoms with Crippen LogP contribution in [0, 0.1) is 39.9 Å². The Kier molecular flexibility index (Phi) is 4.22. The molecule has 4 aliphatic carbocycles. The molecule has 3 aliphatic heterocycles. The van der Waals surface area contributed by atoms with Gasteiger partial charge >= 0.3 is 5.97 Å². The van der Waals surface area contributed by atoms with Crippen molar-refractivity contribution in [1.29, 1.82) is 0 Å². The average Bonchev–Trinajstić information content (AvgIpc) is 2.91. The molecule has 7 rings (SSSR count). The summed E-state index contributed by atoms with van der Waals surface area (Å²) in [5.41, 5.74) is 0.482. The van der Waals surface area contributed by atoms with Gasteiger partial charge in [0.2, 0.25) is 0 Å². The number of esters is 1. The molecule has 0 spiro atoms. The van der Waals surface area contributed by atoms with Crippen LogP contribution in [0.1, 0.15) is 79.1 Å². The third-order valence-electron chi connectivity index (χ3n) is 9.89. The van der Waals surface area contributed by atoms with Gasteiger partial charge in [0.05, 0.1) is 11.5 Å². The molecule has 7 bridgehead atoms. The Labute approximate surface area is 174 Å². The molecule has 0 aromatic heterocycles. The highest BCUT2D eigenvalue weighted by Crippen LogP contribution is 2.65. The molecule has 2 unspecified atom stereocenters. The number of fused-ring (bicyclic) bond motifs is 2. The van der Waals surface area contributed by atoms with Crippen LogP contribution in [0.3, 0.4) is 0 Å².